The van der Waals surface area contributed by atoms with Gasteiger partial charge < -0.3 is 34.6 Å². The summed E-state index contributed by atoms with van der Waals surface area (Å²) in [4.78, 5) is 47.6. The lowest BCUT2D eigenvalue weighted by atomic mass is 9.87. The number of ether oxygens (including phenoxy) is 2. The Hall–Kier alpha value is -5.78. The lowest BCUT2D eigenvalue weighted by Crippen LogP contribution is -2.58. The Morgan fingerprint density at radius 1 is 1.10 bits per heavy atom. The molecule has 15 nitrogen and oxygen atoms in total. The van der Waals surface area contributed by atoms with Crippen molar-refractivity contribution in [2.75, 3.05) is 20.2 Å². The number of nitrogens with zero attached hydrogens (tertiary/aromatic N) is 3. The second kappa shape index (κ2) is 15.9. The molecule has 2 fully saturated rings. The number of rotatable bonds is 14. The molecule has 5 atom stereocenters. The maximum Gasteiger partial charge on any atom is 0.330 e. The minimum Gasteiger partial charge on any atom is -0.497 e. The van der Waals surface area contributed by atoms with Crippen LogP contribution in [-0.4, -0.2) is 90.4 Å². The van der Waals surface area contributed by atoms with Crippen molar-refractivity contribution >= 4 is 50.2 Å². The molecule has 58 heavy (non-hydrogen) atoms. The van der Waals surface area contributed by atoms with Gasteiger partial charge in [0.25, 0.3) is 0 Å². The van der Waals surface area contributed by atoms with Gasteiger partial charge in [-0.25, -0.2) is 27.7 Å². The number of aromatic nitrogens is 2. The summed E-state index contributed by atoms with van der Waals surface area (Å²) in [6, 6.07) is 19.0. The highest BCUT2D eigenvalue weighted by Gasteiger charge is 2.61. The number of urea groups is 1. The van der Waals surface area contributed by atoms with E-state index in [0.29, 0.717) is 38.7 Å². The van der Waals surface area contributed by atoms with Crippen molar-refractivity contribution in [3.8, 4) is 33.3 Å². The van der Waals surface area contributed by atoms with E-state index in [1.165, 1.54) is 23.3 Å². The van der Waals surface area contributed by atoms with E-state index in [4.69, 9.17) is 19.0 Å². The SMILES string of the molecule is C=CC1CC1(NC(=O)C1CC(Oc2cc(-c3ccccc3)nc3cc(OC)ccc23)CN1C(=O)NC(CNS(=O)(=O)c1ccc(-c2ccon2)s1)C(C)(C)C)C(=O)O. The van der Waals surface area contributed by atoms with Crippen molar-refractivity contribution in [1.29, 1.82) is 0 Å². The van der Waals surface area contributed by atoms with Crippen LogP contribution in [0.3, 0.4) is 0 Å². The molecule has 2 aliphatic rings. The number of hydrogen-bond donors (Lipinski definition) is 4. The summed E-state index contributed by atoms with van der Waals surface area (Å²) in [6.07, 6.45) is 2.38. The molecule has 1 aliphatic heterocycles. The summed E-state index contributed by atoms with van der Waals surface area (Å²) in [5.74, 6) is -1.26. The van der Waals surface area contributed by atoms with Gasteiger partial charge in [0.2, 0.25) is 15.9 Å². The maximum absolute atomic E-state index is 14.3. The number of hydrogen-bond acceptors (Lipinski definition) is 11. The van der Waals surface area contributed by atoms with Gasteiger partial charge in [-0.05, 0) is 36.1 Å². The average molecular weight is 829 g/mol. The summed E-state index contributed by atoms with van der Waals surface area (Å²) in [5.41, 5.74) is 0.404. The molecule has 4 heterocycles. The normalized spacial score (nSPS) is 21.0. The number of thiophene rings is 1. The van der Waals surface area contributed by atoms with Gasteiger partial charge in [-0.2, -0.15) is 0 Å². The lowest BCUT2D eigenvalue weighted by Gasteiger charge is -2.34. The molecule has 5 aromatic rings. The number of sulfonamides is 1. The molecule has 2 aromatic carbocycles. The van der Waals surface area contributed by atoms with Crippen LogP contribution in [0.1, 0.15) is 33.6 Å². The van der Waals surface area contributed by atoms with Crippen molar-refractivity contribution in [2.45, 2.75) is 61.5 Å². The zero-order valence-corrected chi connectivity index (χ0v) is 33.9. The van der Waals surface area contributed by atoms with Crippen LogP contribution in [0.5, 0.6) is 11.5 Å². The van der Waals surface area contributed by atoms with E-state index in [0.717, 1.165) is 16.9 Å². The first-order valence-electron chi connectivity index (χ1n) is 18.6. The number of likely N-dealkylation sites (tertiary alicyclic amines) is 1. The van der Waals surface area contributed by atoms with E-state index in [2.05, 4.69) is 27.1 Å². The number of amides is 3. The van der Waals surface area contributed by atoms with E-state index in [9.17, 15) is 27.9 Å². The van der Waals surface area contributed by atoms with Gasteiger partial charge in [-0.3, -0.25) is 4.79 Å². The van der Waals surface area contributed by atoms with Crippen molar-refractivity contribution in [3.05, 3.63) is 91.7 Å². The van der Waals surface area contributed by atoms with E-state index < -0.39 is 63.0 Å². The molecule has 7 rings (SSSR count). The Bertz CT molecular complexity index is 2450. The summed E-state index contributed by atoms with van der Waals surface area (Å²) in [5, 5.41) is 20.3. The monoisotopic (exact) mass is 828 g/mol. The fourth-order valence-corrected chi connectivity index (χ4v) is 9.38. The van der Waals surface area contributed by atoms with Crippen molar-refractivity contribution < 1.29 is 41.9 Å². The minimum atomic E-state index is -4.00. The molecule has 1 saturated carbocycles. The van der Waals surface area contributed by atoms with Gasteiger partial charge in [0.05, 0.1) is 29.7 Å². The van der Waals surface area contributed by atoms with Crippen molar-refractivity contribution in [2.24, 2.45) is 11.3 Å². The predicted molar refractivity (Wildman–Crippen MR) is 217 cm³/mol. The molecule has 17 heteroatoms. The van der Waals surface area contributed by atoms with Crippen LogP contribution in [0.25, 0.3) is 32.7 Å². The molecule has 1 aliphatic carbocycles. The van der Waals surface area contributed by atoms with Gasteiger partial charge in [-0.1, -0.05) is 62.3 Å². The summed E-state index contributed by atoms with van der Waals surface area (Å²) < 4.78 is 46.5. The van der Waals surface area contributed by atoms with E-state index in [-0.39, 0.29) is 30.1 Å². The molecular weight excluding hydrogens is 785 g/mol. The molecule has 304 valence electrons. The Morgan fingerprint density at radius 2 is 1.88 bits per heavy atom. The summed E-state index contributed by atoms with van der Waals surface area (Å²) in [7, 11) is -2.43. The van der Waals surface area contributed by atoms with Crippen LogP contribution in [0, 0.1) is 11.3 Å². The Labute approximate surface area is 339 Å². The Kier molecular flexibility index (Phi) is 11.1. The summed E-state index contributed by atoms with van der Waals surface area (Å²) >= 11 is 1.03. The largest absolute Gasteiger partial charge is 0.497 e. The highest BCUT2D eigenvalue weighted by atomic mass is 32.2. The van der Waals surface area contributed by atoms with Gasteiger partial charge in [-0.15, -0.1) is 17.9 Å². The number of carbonyl (C=O) groups is 3. The predicted octanol–water partition coefficient (Wildman–Crippen LogP) is 5.70. The summed E-state index contributed by atoms with van der Waals surface area (Å²) in [6.45, 7) is 9.07. The molecule has 3 aromatic heterocycles. The van der Waals surface area contributed by atoms with E-state index in [1.807, 2.05) is 63.2 Å². The van der Waals surface area contributed by atoms with Gasteiger partial charge in [0.15, 0.2) is 0 Å². The highest BCUT2D eigenvalue weighted by Crippen LogP contribution is 2.45. The number of fused-ring (bicyclic) bond motifs is 1. The molecule has 0 spiro atoms. The lowest BCUT2D eigenvalue weighted by molar-refractivity contribution is -0.144. The third-order valence-corrected chi connectivity index (χ3v) is 13.6. The van der Waals surface area contributed by atoms with Crippen LogP contribution in [0.4, 0.5) is 4.79 Å². The molecule has 4 N–H and O–H groups in total. The van der Waals surface area contributed by atoms with Crippen LogP contribution >= 0.6 is 11.3 Å². The van der Waals surface area contributed by atoms with Crippen LogP contribution in [0.2, 0.25) is 0 Å². The first-order chi connectivity index (χ1) is 27.6. The number of carboxylic acids is 1. The van der Waals surface area contributed by atoms with Crippen LogP contribution in [-0.2, 0) is 19.6 Å². The second-order valence-corrected chi connectivity index (χ2v) is 18.5. The molecule has 1 saturated heterocycles. The maximum atomic E-state index is 14.3. The van der Waals surface area contributed by atoms with Gasteiger partial charge in [0, 0.05) is 54.1 Å². The number of benzene rings is 2. The topological polar surface area (TPSA) is 202 Å². The van der Waals surface area contributed by atoms with Gasteiger partial charge >= 0.3 is 12.0 Å². The number of nitrogens with one attached hydrogen (secondary N) is 3. The van der Waals surface area contributed by atoms with Crippen molar-refractivity contribution in [1.82, 2.24) is 30.4 Å². The number of pyridine rings is 1. The first-order valence-corrected chi connectivity index (χ1v) is 20.9. The Balaban J connectivity index is 1.15. The van der Waals surface area contributed by atoms with Crippen LogP contribution < -0.4 is 24.8 Å². The first kappa shape index (κ1) is 40.4. The molecule has 3 amide bonds. The molecule has 5 unspecified atom stereocenters. The zero-order valence-electron chi connectivity index (χ0n) is 32.3. The fourth-order valence-electron chi connectivity index (χ4n) is 7.02. The fraction of sp³-hybridized carbons (Fsp3) is 0.341. The smallest absolute Gasteiger partial charge is 0.330 e. The number of methoxy groups -OCH3 is 1. The number of aliphatic carboxylic acids is 1. The van der Waals surface area contributed by atoms with Crippen molar-refractivity contribution in [3.63, 3.8) is 0 Å². The van der Waals surface area contributed by atoms with Gasteiger partial charge in [0.1, 0.15) is 45.4 Å². The third kappa shape index (κ3) is 8.28. The number of carboxylic acid groups (broad SMARTS) is 1. The Morgan fingerprint density at radius 3 is 2.53 bits per heavy atom. The quantitative estimate of drug-likeness (QED) is 0.100. The van der Waals surface area contributed by atoms with E-state index >= 15 is 0 Å². The zero-order chi connectivity index (χ0) is 41.4. The molecule has 0 bridgehead atoms. The highest BCUT2D eigenvalue weighted by molar-refractivity contribution is 7.91. The van der Waals surface area contributed by atoms with E-state index in [1.54, 1.807) is 31.4 Å². The molecular formula is C41H44N6O9S2. The molecule has 0 radical (unpaired) electrons. The second-order valence-electron chi connectivity index (χ2n) is 15.4. The third-order valence-electron chi connectivity index (χ3n) is 10.6. The van der Waals surface area contributed by atoms with Crippen LogP contribution in [0.15, 0.2) is 100 Å². The average Bonchev–Trinajstić information content (AvgIpc) is 3.67. The standard InChI is InChI=1S/C41H44N6O9S2/c1-6-25-21-41(25,38(49)50)45-37(48)32-19-27(56-33-20-30(24-10-8-7-9-11-24)43-31-18-26(54-5)12-13-28(31)33)23-47(32)39(51)44-35(40(2,3)4)22-42-58(52,53)36-15-14-34(57-36)29-16-17-55-46-29/h6-18,20,25,27,32,35,42H,1,19,21-23H2,2-5H3,(H,44,51)(H,45,48)(H,49,50). The number of carbonyl (C=O) groups excluding carboxylic acids is 2. The minimum absolute atomic E-state index is 0.0351.